The van der Waals surface area contributed by atoms with E-state index in [9.17, 15) is 9.59 Å². The lowest BCUT2D eigenvalue weighted by Gasteiger charge is -2.31. The zero-order chi connectivity index (χ0) is 22.8. The minimum atomic E-state index is -0.615. The molecule has 0 saturated heterocycles. The molecule has 1 atom stereocenters. The minimum Gasteiger partial charge on any atom is -0.497 e. The molecule has 0 aliphatic rings. The summed E-state index contributed by atoms with van der Waals surface area (Å²) in [5, 5.41) is 3.03. The highest BCUT2D eigenvalue weighted by molar-refractivity contribution is 5.88. The van der Waals surface area contributed by atoms with Gasteiger partial charge >= 0.3 is 0 Å². The lowest BCUT2D eigenvalue weighted by molar-refractivity contribution is -0.141. The van der Waals surface area contributed by atoms with Crippen molar-refractivity contribution in [3.8, 4) is 5.75 Å². The Hall–Kier alpha value is -3.60. The van der Waals surface area contributed by atoms with Crippen LogP contribution in [0, 0.1) is 0 Å². The van der Waals surface area contributed by atoms with Crippen LogP contribution in [0.25, 0.3) is 0 Å². The summed E-state index contributed by atoms with van der Waals surface area (Å²) in [5.74, 6) is 0.535. The number of nitrogens with one attached hydrogen (secondary N) is 1. The Morgan fingerprint density at radius 2 is 1.44 bits per heavy atom. The number of hydrogen-bond donors (Lipinski definition) is 1. The number of carbonyl (C=O) groups is 2. The van der Waals surface area contributed by atoms with Gasteiger partial charge in [-0.1, -0.05) is 79.7 Å². The number of nitrogens with zero attached hydrogens (tertiary/aromatic N) is 1. The molecule has 3 aromatic carbocycles. The fourth-order valence-corrected chi connectivity index (χ4v) is 3.59. The molecule has 32 heavy (non-hydrogen) atoms. The van der Waals surface area contributed by atoms with Crippen molar-refractivity contribution < 1.29 is 14.3 Å². The fraction of sp³-hybridized carbons (Fsp3) is 0.259. The molecule has 3 aromatic rings. The van der Waals surface area contributed by atoms with Gasteiger partial charge in [-0.25, -0.2) is 0 Å². The molecule has 3 rings (SSSR count). The number of hydrogen-bond acceptors (Lipinski definition) is 3. The summed E-state index contributed by atoms with van der Waals surface area (Å²) >= 11 is 0. The monoisotopic (exact) mass is 430 g/mol. The predicted octanol–water partition coefficient (Wildman–Crippen LogP) is 4.36. The largest absolute Gasteiger partial charge is 0.497 e. The highest BCUT2D eigenvalue weighted by Crippen LogP contribution is 2.18. The SMILES string of the molecule is CCC(=O)N(Cc1ccc(OC)cc1)C(Cc1ccccc1)C(=O)NCc1ccccc1. The highest BCUT2D eigenvalue weighted by Gasteiger charge is 2.29. The van der Waals surface area contributed by atoms with Crippen molar-refractivity contribution in [1.29, 1.82) is 0 Å². The van der Waals surface area contributed by atoms with Crippen LogP contribution in [0.5, 0.6) is 5.75 Å². The number of benzene rings is 3. The third-order valence-corrected chi connectivity index (χ3v) is 5.40. The molecule has 166 valence electrons. The summed E-state index contributed by atoms with van der Waals surface area (Å²) in [5.41, 5.74) is 2.97. The third-order valence-electron chi connectivity index (χ3n) is 5.40. The highest BCUT2D eigenvalue weighted by atomic mass is 16.5. The molecule has 0 aromatic heterocycles. The number of ether oxygens (including phenoxy) is 1. The van der Waals surface area contributed by atoms with Gasteiger partial charge in [-0.2, -0.15) is 0 Å². The predicted molar refractivity (Wildman–Crippen MR) is 126 cm³/mol. The maximum absolute atomic E-state index is 13.3. The van der Waals surface area contributed by atoms with Crippen LogP contribution < -0.4 is 10.1 Å². The van der Waals surface area contributed by atoms with Crippen LogP contribution in [0.2, 0.25) is 0 Å². The van der Waals surface area contributed by atoms with Crippen molar-refractivity contribution in [1.82, 2.24) is 10.2 Å². The first-order valence-corrected chi connectivity index (χ1v) is 10.9. The summed E-state index contributed by atoms with van der Waals surface area (Å²) in [4.78, 5) is 28.0. The maximum Gasteiger partial charge on any atom is 0.243 e. The second-order valence-electron chi connectivity index (χ2n) is 7.63. The molecular formula is C27H30N2O3. The second-order valence-corrected chi connectivity index (χ2v) is 7.63. The summed E-state index contributed by atoms with van der Waals surface area (Å²) in [6.07, 6.45) is 0.775. The maximum atomic E-state index is 13.3. The average molecular weight is 431 g/mol. The summed E-state index contributed by atoms with van der Waals surface area (Å²) < 4.78 is 5.24. The topological polar surface area (TPSA) is 58.6 Å². The standard InChI is InChI=1S/C27H30N2O3/c1-3-26(30)29(20-23-14-16-24(32-2)17-15-23)25(18-21-10-6-4-7-11-21)27(31)28-19-22-12-8-5-9-13-22/h4-17,25H,3,18-20H2,1-2H3,(H,28,31). The van der Waals surface area contributed by atoms with E-state index >= 15 is 0 Å². The Kier molecular flexibility index (Phi) is 8.44. The Bertz CT molecular complexity index is 988. The molecule has 1 unspecified atom stereocenters. The van der Waals surface area contributed by atoms with E-state index < -0.39 is 6.04 Å². The molecule has 0 radical (unpaired) electrons. The van der Waals surface area contributed by atoms with E-state index in [0.717, 1.165) is 22.4 Å². The first-order chi connectivity index (χ1) is 15.6. The van der Waals surface area contributed by atoms with Crippen molar-refractivity contribution in [2.45, 2.75) is 38.9 Å². The van der Waals surface area contributed by atoms with Crippen LogP contribution >= 0.6 is 0 Å². The Morgan fingerprint density at radius 3 is 2.00 bits per heavy atom. The number of carbonyl (C=O) groups excluding carboxylic acids is 2. The fourth-order valence-electron chi connectivity index (χ4n) is 3.59. The van der Waals surface area contributed by atoms with E-state index in [1.54, 1.807) is 12.0 Å². The summed E-state index contributed by atoms with van der Waals surface area (Å²) in [7, 11) is 1.62. The quantitative estimate of drug-likeness (QED) is 0.520. The van der Waals surface area contributed by atoms with Crippen LogP contribution in [0.3, 0.4) is 0 Å². The van der Waals surface area contributed by atoms with E-state index in [-0.39, 0.29) is 11.8 Å². The first-order valence-electron chi connectivity index (χ1n) is 10.9. The Morgan fingerprint density at radius 1 is 0.844 bits per heavy atom. The van der Waals surface area contributed by atoms with Crippen molar-refractivity contribution in [3.05, 3.63) is 102 Å². The molecule has 0 fully saturated rings. The first kappa shape index (κ1) is 23.1. The van der Waals surface area contributed by atoms with Gasteiger partial charge in [0.05, 0.1) is 7.11 Å². The van der Waals surface area contributed by atoms with Crippen LogP contribution in [-0.2, 0) is 29.1 Å². The number of methoxy groups -OCH3 is 1. The average Bonchev–Trinajstić information content (AvgIpc) is 2.85. The van der Waals surface area contributed by atoms with Gasteiger partial charge in [-0.05, 0) is 28.8 Å². The molecule has 5 heteroatoms. The van der Waals surface area contributed by atoms with Crippen LogP contribution in [0.1, 0.15) is 30.0 Å². The minimum absolute atomic E-state index is 0.0587. The van der Waals surface area contributed by atoms with Gasteiger partial charge < -0.3 is 15.0 Å². The molecule has 0 aliphatic carbocycles. The Labute approximate surface area is 190 Å². The van der Waals surface area contributed by atoms with Crippen LogP contribution in [0.4, 0.5) is 0 Å². The van der Waals surface area contributed by atoms with Gasteiger partial charge in [0.15, 0.2) is 0 Å². The zero-order valence-electron chi connectivity index (χ0n) is 18.7. The van der Waals surface area contributed by atoms with Crippen molar-refractivity contribution >= 4 is 11.8 Å². The Balaban J connectivity index is 1.85. The lowest BCUT2D eigenvalue weighted by Crippen LogP contribution is -2.50. The summed E-state index contributed by atoms with van der Waals surface area (Å²) in [6.45, 7) is 2.60. The van der Waals surface area contributed by atoms with Gasteiger partial charge in [0, 0.05) is 25.9 Å². The van der Waals surface area contributed by atoms with Crippen molar-refractivity contribution in [2.24, 2.45) is 0 Å². The molecule has 0 heterocycles. The van der Waals surface area contributed by atoms with E-state index in [2.05, 4.69) is 5.32 Å². The zero-order valence-corrected chi connectivity index (χ0v) is 18.7. The van der Waals surface area contributed by atoms with E-state index in [1.807, 2.05) is 91.9 Å². The van der Waals surface area contributed by atoms with Gasteiger partial charge in [0.25, 0.3) is 0 Å². The van der Waals surface area contributed by atoms with Gasteiger partial charge in [-0.3, -0.25) is 9.59 Å². The van der Waals surface area contributed by atoms with E-state index in [4.69, 9.17) is 4.74 Å². The smallest absolute Gasteiger partial charge is 0.243 e. The molecular weight excluding hydrogens is 400 g/mol. The molecule has 1 N–H and O–H groups in total. The molecule has 2 amide bonds. The van der Waals surface area contributed by atoms with Gasteiger partial charge in [0.1, 0.15) is 11.8 Å². The lowest BCUT2D eigenvalue weighted by atomic mass is 10.0. The van der Waals surface area contributed by atoms with E-state index in [1.165, 1.54) is 0 Å². The molecule has 5 nitrogen and oxygen atoms in total. The summed E-state index contributed by atoms with van der Waals surface area (Å²) in [6, 6.07) is 26.6. The second kappa shape index (κ2) is 11.7. The van der Waals surface area contributed by atoms with Crippen LogP contribution in [-0.4, -0.2) is 29.9 Å². The number of rotatable bonds is 10. The number of amides is 2. The normalized spacial score (nSPS) is 11.4. The molecule has 0 aliphatic heterocycles. The molecule has 0 saturated carbocycles. The van der Waals surface area contributed by atoms with E-state index in [0.29, 0.717) is 25.9 Å². The molecule has 0 spiro atoms. The van der Waals surface area contributed by atoms with Gasteiger partial charge in [0.2, 0.25) is 11.8 Å². The van der Waals surface area contributed by atoms with Crippen LogP contribution in [0.15, 0.2) is 84.9 Å². The van der Waals surface area contributed by atoms with Gasteiger partial charge in [-0.15, -0.1) is 0 Å². The third kappa shape index (κ3) is 6.45. The molecule has 0 bridgehead atoms. The van der Waals surface area contributed by atoms with Crippen molar-refractivity contribution in [3.63, 3.8) is 0 Å². The van der Waals surface area contributed by atoms with Crippen molar-refractivity contribution in [2.75, 3.05) is 7.11 Å².